The van der Waals surface area contributed by atoms with Crippen molar-refractivity contribution < 1.29 is 14.3 Å². The summed E-state index contributed by atoms with van der Waals surface area (Å²) >= 11 is 1.70. The number of carbonyl (C=O) groups is 2. The molecule has 1 aliphatic rings. The summed E-state index contributed by atoms with van der Waals surface area (Å²) in [5, 5.41) is 2.02. The van der Waals surface area contributed by atoms with Gasteiger partial charge in [-0.2, -0.15) is 0 Å². The van der Waals surface area contributed by atoms with Gasteiger partial charge in [-0.25, -0.2) is 4.79 Å². The number of hydrogen-bond acceptors (Lipinski definition) is 4. The average molecular weight is 239 g/mol. The Morgan fingerprint density at radius 3 is 3.12 bits per heavy atom. The van der Waals surface area contributed by atoms with Crippen molar-refractivity contribution in [3.05, 3.63) is 21.9 Å². The van der Waals surface area contributed by atoms with Gasteiger partial charge in [-0.15, -0.1) is 11.3 Å². The molecular weight excluding hydrogens is 226 g/mol. The Balaban J connectivity index is 2.03. The van der Waals surface area contributed by atoms with Crippen molar-refractivity contribution in [1.29, 1.82) is 0 Å². The molecule has 0 atom stereocenters. The zero-order valence-corrected chi connectivity index (χ0v) is 9.88. The number of rotatable bonds is 1. The molecule has 1 aliphatic heterocycles. The van der Waals surface area contributed by atoms with Gasteiger partial charge in [-0.05, 0) is 30.4 Å². The van der Waals surface area contributed by atoms with Gasteiger partial charge < -0.3 is 9.64 Å². The number of ether oxygens (including phenoxy) is 1. The molecule has 0 unspecified atom stereocenters. The molecule has 0 aliphatic carbocycles. The van der Waals surface area contributed by atoms with Gasteiger partial charge >= 0.3 is 11.9 Å². The van der Waals surface area contributed by atoms with Crippen molar-refractivity contribution in [2.75, 3.05) is 13.2 Å². The largest absolute Gasteiger partial charge is 0.459 e. The molecule has 0 N–H and O–H groups in total. The number of carbonyl (C=O) groups excluding carboxylic acids is 2. The van der Waals surface area contributed by atoms with Crippen LogP contribution < -0.4 is 0 Å². The number of esters is 1. The average Bonchev–Trinajstić information content (AvgIpc) is 2.75. The molecule has 1 aromatic rings. The normalized spacial score (nSPS) is 14.4. The molecule has 0 bridgehead atoms. The van der Waals surface area contributed by atoms with E-state index in [9.17, 15) is 9.59 Å². The predicted molar refractivity (Wildman–Crippen MR) is 60.1 cm³/mol. The summed E-state index contributed by atoms with van der Waals surface area (Å²) in [4.78, 5) is 25.8. The van der Waals surface area contributed by atoms with E-state index < -0.39 is 11.9 Å². The maximum atomic E-state index is 11.7. The highest BCUT2D eigenvalue weighted by Gasteiger charge is 2.26. The lowest BCUT2D eigenvalue weighted by Gasteiger charge is -2.25. The summed E-state index contributed by atoms with van der Waals surface area (Å²) in [6.45, 7) is 3.06. The Morgan fingerprint density at radius 1 is 1.56 bits per heavy atom. The van der Waals surface area contributed by atoms with E-state index in [1.54, 1.807) is 23.2 Å². The molecule has 0 radical (unpaired) electrons. The lowest BCUT2D eigenvalue weighted by Crippen LogP contribution is -2.40. The van der Waals surface area contributed by atoms with E-state index >= 15 is 0 Å². The molecule has 2 rings (SSSR count). The summed E-state index contributed by atoms with van der Waals surface area (Å²) in [6, 6.07) is 2.00. The molecule has 1 amide bonds. The zero-order chi connectivity index (χ0) is 11.5. The van der Waals surface area contributed by atoms with Gasteiger partial charge in [0.15, 0.2) is 0 Å². The third-order valence-electron chi connectivity index (χ3n) is 2.54. The summed E-state index contributed by atoms with van der Waals surface area (Å²) in [5.41, 5.74) is 1.15. The molecule has 1 aromatic heterocycles. The summed E-state index contributed by atoms with van der Waals surface area (Å²) < 4.78 is 4.70. The van der Waals surface area contributed by atoms with Crippen molar-refractivity contribution >= 4 is 23.2 Å². The first-order valence-corrected chi connectivity index (χ1v) is 6.11. The summed E-state index contributed by atoms with van der Waals surface area (Å²) in [7, 11) is 0. The number of nitrogens with zero attached hydrogens (tertiary/aromatic N) is 1. The van der Waals surface area contributed by atoms with Gasteiger partial charge in [0.1, 0.15) is 0 Å². The second kappa shape index (κ2) is 4.65. The van der Waals surface area contributed by atoms with Gasteiger partial charge in [0.2, 0.25) is 0 Å². The molecule has 2 heterocycles. The molecule has 0 aromatic carbocycles. The standard InChI is InChI=1S/C11H13NO3S/c1-2-15-11(14)10(13)12-5-3-9-8(7-12)4-6-16-9/h4,6H,2-3,5,7H2,1H3. The fraction of sp³-hybridized carbons (Fsp3) is 0.455. The maximum Gasteiger partial charge on any atom is 0.397 e. The van der Waals surface area contributed by atoms with Crippen LogP contribution in [0.25, 0.3) is 0 Å². The van der Waals surface area contributed by atoms with Crippen molar-refractivity contribution in [1.82, 2.24) is 4.90 Å². The van der Waals surface area contributed by atoms with Gasteiger partial charge in [0.25, 0.3) is 0 Å². The minimum Gasteiger partial charge on any atom is -0.459 e. The number of hydrogen-bond donors (Lipinski definition) is 0. The van der Waals surface area contributed by atoms with Crippen molar-refractivity contribution in [3.8, 4) is 0 Å². The molecule has 5 heteroatoms. The van der Waals surface area contributed by atoms with Gasteiger partial charge in [-0.3, -0.25) is 4.79 Å². The SMILES string of the molecule is CCOC(=O)C(=O)N1CCc2sccc2C1. The molecule has 86 valence electrons. The van der Waals surface area contributed by atoms with Crippen LogP contribution in [0, 0.1) is 0 Å². The Bertz CT molecular complexity index is 413. The van der Waals surface area contributed by atoms with Crippen LogP contribution in [0.5, 0.6) is 0 Å². The van der Waals surface area contributed by atoms with E-state index in [4.69, 9.17) is 4.74 Å². The first-order chi connectivity index (χ1) is 7.72. The van der Waals surface area contributed by atoms with Gasteiger partial charge in [-0.1, -0.05) is 0 Å². The Hall–Kier alpha value is -1.36. The van der Waals surface area contributed by atoms with Crippen LogP contribution in [-0.2, 0) is 27.3 Å². The quantitative estimate of drug-likeness (QED) is 0.546. The molecule has 4 nitrogen and oxygen atoms in total. The fourth-order valence-electron chi connectivity index (χ4n) is 1.74. The first kappa shape index (κ1) is 11.1. The first-order valence-electron chi connectivity index (χ1n) is 5.23. The van der Waals surface area contributed by atoms with Crippen LogP contribution in [-0.4, -0.2) is 29.9 Å². The smallest absolute Gasteiger partial charge is 0.397 e. The molecular formula is C11H13NO3S. The van der Waals surface area contributed by atoms with Gasteiger partial charge in [0, 0.05) is 18.0 Å². The monoisotopic (exact) mass is 239 g/mol. The Labute approximate surface area is 97.8 Å². The van der Waals surface area contributed by atoms with Crippen LogP contribution in [0.1, 0.15) is 17.4 Å². The molecule has 16 heavy (non-hydrogen) atoms. The molecule has 0 saturated carbocycles. The number of fused-ring (bicyclic) bond motifs is 1. The minimum atomic E-state index is -0.749. The fourth-order valence-corrected chi connectivity index (χ4v) is 2.63. The van der Waals surface area contributed by atoms with E-state index in [-0.39, 0.29) is 6.61 Å². The van der Waals surface area contributed by atoms with Crippen LogP contribution in [0.3, 0.4) is 0 Å². The molecule has 0 saturated heterocycles. The zero-order valence-electron chi connectivity index (χ0n) is 9.06. The molecule has 0 spiro atoms. The Morgan fingerprint density at radius 2 is 2.38 bits per heavy atom. The number of thiophene rings is 1. The topological polar surface area (TPSA) is 46.6 Å². The van der Waals surface area contributed by atoms with E-state index in [0.717, 1.165) is 12.0 Å². The van der Waals surface area contributed by atoms with E-state index in [0.29, 0.717) is 13.1 Å². The van der Waals surface area contributed by atoms with Crippen LogP contribution in [0.15, 0.2) is 11.4 Å². The Kier molecular flexibility index (Phi) is 3.24. The highest BCUT2D eigenvalue weighted by atomic mass is 32.1. The second-order valence-corrected chi connectivity index (χ2v) is 4.57. The van der Waals surface area contributed by atoms with Crippen LogP contribution in [0.2, 0.25) is 0 Å². The maximum absolute atomic E-state index is 11.7. The summed E-state index contributed by atoms with van der Waals surface area (Å²) in [6.07, 6.45) is 0.831. The van der Waals surface area contributed by atoms with E-state index in [1.807, 2.05) is 11.4 Å². The van der Waals surface area contributed by atoms with Crippen LogP contribution in [0.4, 0.5) is 0 Å². The lowest BCUT2D eigenvalue weighted by molar-refractivity contribution is -0.160. The summed E-state index contributed by atoms with van der Waals surface area (Å²) in [5.74, 6) is -1.28. The molecule has 0 fully saturated rings. The highest BCUT2D eigenvalue weighted by molar-refractivity contribution is 7.10. The van der Waals surface area contributed by atoms with Gasteiger partial charge in [0.05, 0.1) is 6.61 Å². The third kappa shape index (κ3) is 2.09. The second-order valence-electron chi connectivity index (χ2n) is 3.57. The van der Waals surface area contributed by atoms with Crippen molar-refractivity contribution in [3.63, 3.8) is 0 Å². The number of amides is 1. The highest BCUT2D eigenvalue weighted by Crippen LogP contribution is 2.23. The van der Waals surface area contributed by atoms with Crippen molar-refractivity contribution in [2.45, 2.75) is 19.9 Å². The predicted octanol–water partition coefficient (Wildman–Crippen LogP) is 1.20. The lowest BCUT2D eigenvalue weighted by atomic mass is 10.1. The van der Waals surface area contributed by atoms with E-state index in [1.165, 1.54) is 4.88 Å². The van der Waals surface area contributed by atoms with Crippen LogP contribution >= 0.6 is 11.3 Å². The van der Waals surface area contributed by atoms with E-state index in [2.05, 4.69) is 0 Å². The van der Waals surface area contributed by atoms with Crippen molar-refractivity contribution in [2.24, 2.45) is 0 Å². The minimum absolute atomic E-state index is 0.238. The third-order valence-corrected chi connectivity index (χ3v) is 3.57.